The number of hydrogen-bond donors (Lipinski definition) is 2. The molecule has 0 aromatic heterocycles. The van der Waals surface area contributed by atoms with Crippen LogP contribution in [0.4, 0.5) is 5.69 Å². The largest absolute Gasteiger partial charge is 0.489 e. The maximum absolute atomic E-state index is 12.3. The molecule has 1 aliphatic carbocycles. The quantitative estimate of drug-likeness (QED) is 0.882. The molecule has 0 aliphatic heterocycles. The van der Waals surface area contributed by atoms with Crippen LogP contribution in [0.3, 0.4) is 0 Å². The number of amides is 1. The summed E-state index contributed by atoms with van der Waals surface area (Å²) < 4.78 is 5.87. The first-order valence-corrected chi connectivity index (χ1v) is 8.45. The Labute approximate surface area is 143 Å². The van der Waals surface area contributed by atoms with Gasteiger partial charge < -0.3 is 15.8 Å². The Bertz CT molecular complexity index is 714. The molecule has 3 N–H and O–H groups in total. The lowest BCUT2D eigenvalue weighted by Crippen LogP contribution is -2.23. The van der Waals surface area contributed by atoms with Gasteiger partial charge in [-0.25, -0.2) is 0 Å². The summed E-state index contributed by atoms with van der Waals surface area (Å²) in [4.78, 5) is 12.3. The van der Waals surface area contributed by atoms with Crippen LogP contribution >= 0.6 is 0 Å². The van der Waals surface area contributed by atoms with E-state index in [4.69, 9.17) is 10.5 Å². The van der Waals surface area contributed by atoms with Gasteiger partial charge in [0.1, 0.15) is 12.4 Å². The molecular weight excluding hydrogens is 300 g/mol. The van der Waals surface area contributed by atoms with Crippen LogP contribution in [0, 0.1) is 12.8 Å². The van der Waals surface area contributed by atoms with E-state index < -0.39 is 0 Å². The highest BCUT2D eigenvalue weighted by molar-refractivity contribution is 5.92. The van der Waals surface area contributed by atoms with Crippen LogP contribution in [0.25, 0.3) is 0 Å². The third kappa shape index (κ3) is 4.15. The second-order valence-corrected chi connectivity index (χ2v) is 6.50. The van der Waals surface area contributed by atoms with Gasteiger partial charge in [-0.05, 0) is 49.4 Å². The van der Waals surface area contributed by atoms with Crippen molar-refractivity contribution in [1.29, 1.82) is 0 Å². The molecule has 3 rings (SSSR count). The molecule has 1 amide bonds. The van der Waals surface area contributed by atoms with E-state index in [-0.39, 0.29) is 17.9 Å². The Kier molecular flexibility index (Phi) is 5.16. The number of hydrogen-bond acceptors (Lipinski definition) is 3. The Morgan fingerprint density at radius 2 is 2.04 bits per heavy atom. The van der Waals surface area contributed by atoms with Gasteiger partial charge in [0.05, 0.1) is 0 Å². The monoisotopic (exact) mass is 324 g/mol. The van der Waals surface area contributed by atoms with E-state index in [1.165, 1.54) is 5.56 Å². The first kappa shape index (κ1) is 16.5. The number of carbonyl (C=O) groups excluding carboxylic acids is 1. The first-order valence-electron chi connectivity index (χ1n) is 8.45. The van der Waals surface area contributed by atoms with E-state index in [2.05, 4.69) is 24.4 Å². The fraction of sp³-hybridized carbons (Fsp3) is 0.350. The molecule has 0 saturated heterocycles. The molecule has 2 atom stereocenters. The number of aryl methyl sites for hydroxylation is 1. The van der Waals surface area contributed by atoms with E-state index in [1.807, 2.05) is 36.4 Å². The first-order chi connectivity index (χ1) is 11.6. The third-order valence-corrected chi connectivity index (χ3v) is 4.60. The van der Waals surface area contributed by atoms with Gasteiger partial charge in [0.2, 0.25) is 5.91 Å². The van der Waals surface area contributed by atoms with Gasteiger partial charge in [-0.1, -0.05) is 30.3 Å². The number of nitrogens with one attached hydrogen (secondary N) is 1. The molecule has 2 unspecified atom stereocenters. The minimum atomic E-state index is 0.0246. The standard InChI is InChI=1S/C20H24N2O2/c1-14-5-2-3-6-16(14)13-24-19-8-4-7-18(12-19)22-20(23)15-9-10-17(21)11-15/h2-8,12,15,17H,9-11,13,21H2,1H3,(H,22,23). The molecule has 0 spiro atoms. The van der Waals surface area contributed by atoms with Crippen molar-refractivity contribution in [3.63, 3.8) is 0 Å². The predicted octanol–water partition coefficient (Wildman–Crippen LogP) is 3.64. The highest BCUT2D eigenvalue weighted by atomic mass is 16.5. The van der Waals surface area contributed by atoms with Crippen LogP contribution in [0.1, 0.15) is 30.4 Å². The zero-order valence-electron chi connectivity index (χ0n) is 14.0. The Morgan fingerprint density at radius 3 is 2.79 bits per heavy atom. The summed E-state index contributed by atoms with van der Waals surface area (Å²) in [5.74, 6) is 0.828. The van der Waals surface area contributed by atoms with Crippen molar-refractivity contribution in [3.8, 4) is 5.75 Å². The summed E-state index contributed by atoms with van der Waals surface area (Å²) in [6.07, 6.45) is 2.57. The summed E-state index contributed by atoms with van der Waals surface area (Å²) in [7, 11) is 0. The Hall–Kier alpha value is -2.33. The van der Waals surface area contributed by atoms with E-state index >= 15 is 0 Å². The van der Waals surface area contributed by atoms with Gasteiger partial charge in [0, 0.05) is 23.7 Å². The molecule has 1 fully saturated rings. The second kappa shape index (κ2) is 7.49. The van der Waals surface area contributed by atoms with Crippen molar-refractivity contribution in [2.24, 2.45) is 11.7 Å². The molecule has 2 aromatic carbocycles. The van der Waals surface area contributed by atoms with Crippen molar-refractivity contribution < 1.29 is 9.53 Å². The van der Waals surface area contributed by atoms with Crippen molar-refractivity contribution in [1.82, 2.24) is 0 Å². The highest BCUT2D eigenvalue weighted by Gasteiger charge is 2.27. The zero-order valence-corrected chi connectivity index (χ0v) is 14.0. The molecule has 0 heterocycles. The van der Waals surface area contributed by atoms with Crippen molar-refractivity contribution in [3.05, 3.63) is 59.7 Å². The van der Waals surface area contributed by atoms with Crippen LogP contribution in [-0.2, 0) is 11.4 Å². The van der Waals surface area contributed by atoms with Crippen LogP contribution in [0.5, 0.6) is 5.75 Å². The smallest absolute Gasteiger partial charge is 0.227 e. The van der Waals surface area contributed by atoms with Gasteiger partial charge in [-0.3, -0.25) is 4.79 Å². The summed E-state index contributed by atoms with van der Waals surface area (Å²) in [5.41, 5.74) is 9.02. The molecule has 4 nitrogen and oxygen atoms in total. The maximum atomic E-state index is 12.3. The molecule has 0 radical (unpaired) electrons. The number of nitrogens with two attached hydrogens (primary N) is 1. The molecule has 4 heteroatoms. The molecule has 126 valence electrons. The van der Waals surface area contributed by atoms with E-state index in [0.717, 1.165) is 36.3 Å². The molecule has 1 saturated carbocycles. The van der Waals surface area contributed by atoms with Crippen LogP contribution in [-0.4, -0.2) is 11.9 Å². The lowest BCUT2D eigenvalue weighted by Gasteiger charge is -2.13. The molecular formula is C20H24N2O2. The second-order valence-electron chi connectivity index (χ2n) is 6.50. The van der Waals surface area contributed by atoms with Gasteiger partial charge >= 0.3 is 0 Å². The zero-order chi connectivity index (χ0) is 16.9. The number of anilines is 1. The van der Waals surface area contributed by atoms with E-state index in [0.29, 0.717) is 6.61 Å². The highest BCUT2D eigenvalue weighted by Crippen LogP contribution is 2.26. The molecule has 2 aromatic rings. The van der Waals surface area contributed by atoms with Crippen LogP contribution in [0.15, 0.2) is 48.5 Å². The van der Waals surface area contributed by atoms with Gasteiger partial charge in [-0.15, -0.1) is 0 Å². The van der Waals surface area contributed by atoms with Crippen LogP contribution < -0.4 is 15.8 Å². The predicted molar refractivity (Wildman–Crippen MR) is 95.9 cm³/mol. The van der Waals surface area contributed by atoms with E-state index in [9.17, 15) is 4.79 Å². The van der Waals surface area contributed by atoms with Crippen molar-refractivity contribution in [2.45, 2.75) is 38.8 Å². The maximum Gasteiger partial charge on any atom is 0.227 e. The number of benzene rings is 2. The average Bonchev–Trinajstić information content (AvgIpc) is 3.01. The minimum absolute atomic E-state index is 0.0246. The minimum Gasteiger partial charge on any atom is -0.489 e. The Balaban J connectivity index is 1.60. The third-order valence-electron chi connectivity index (χ3n) is 4.60. The van der Waals surface area contributed by atoms with Crippen molar-refractivity contribution >= 4 is 11.6 Å². The number of rotatable bonds is 5. The van der Waals surface area contributed by atoms with Crippen molar-refractivity contribution in [2.75, 3.05) is 5.32 Å². The van der Waals surface area contributed by atoms with Gasteiger partial charge in [-0.2, -0.15) is 0 Å². The van der Waals surface area contributed by atoms with Gasteiger partial charge in [0.15, 0.2) is 0 Å². The van der Waals surface area contributed by atoms with E-state index in [1.54, 1.807) is 0 Å². The fourth-order valence-corrected chi connectivity index (χ4v) is 3.10. The normalized spacial score (nSPS) is 19.9. The average molecular weight is 324 g/mol. The number of carbonyl (C=O) groups is 1. The summed E-state index contributed by atoms with van der Waals surface area (Å²) in [6, 6.07) is 15.9. The lowest BCUT2D eigenvalue weighted by atomic mass is 10.1. The molecule has 24 heavy (non-hydrogen) atoms. The topological polar surface area (TPSA) is 64.3 Å². The lowest BCUT2D eigenvalue weighted by molar-refractivity contribution is -0.119. The fourth-order valence-electron chi connectivity index (χ4n) is 3.10. The SMILES string of the molecule is Cc1ccccc1COc1cccc(NC(=O)C2CCC(N)C2)c1. The van der Waals surface area contributed by atoms with Gasteiger partial charge in [0.25, 0.3) is 0 Å². The molecule has 0 bridgehead atoms. The summed E-state index contributed by atoms with van der Waals surface area (Å²) >= 11 is 0. The summed E-state index contributed by atoms with van der Waals surface area (Å²) in [5, 5.41) is 2.98. The molecule has 1 aliphatic rings. The Morgan fingerprint density at radius 1 is 1.21 bits per heavy atom. The van der Waals surface area contributed by atoms with Crippen LogP contribution in [0.2, 0.25) is 0 Å². The number of ether oxygens (including phenoxy) is 1. The summed E-state index contributed by atoms with van der Waals surface area (Å²) in [6.45, 7) is 2.59.